The first-order valence-corrected chi connectivity index (χ1v) is 8.50. The zero-order valence-electron chi connectivity index (χ0n) is 12.0. The van der Waals surface area contributed by atoms with E-state index in [2.05, 4.69) is 6.92 Å². The number of aryl methyl sites for hydroxylation is 1. The predicted molar refractivity (Wildman–Crippen MR) is 84.2 cm³/mol. The van der Waals surface area contributed by atoms with E-state index in [0.29, 0.717) is 17.4 Å². The molecule has 110 valence electrons. The predicted octanol–water partition coefficient (Wildman–Crippen LogP) is 2.05. The molecule has 0 amide bonds. The molecule has 1 fully saturated rings. The van der Waals surface area contributed by atoms with Crippen molar-refractivity contribution in [3.05, 3.63) is 29.3 Å². The highest BCUT2D eigenvalue weighted by atomic mass is 32.2. The minimum absolute atomic E-state index is 0.0468. The van der Waals surface area contributed by atoms with Crippen LogP contribution in [-0.2, 0) is 10.0 Å². The number of nitrogens with zero attached hydrogens (tertiary/aromatic N) is 1. The number of nitrogens with two attached hydrogens (primary N) is 1. The lowest BCUT2D eigenvalue weighted by Crippen LogP contribution is -2.34. The van der Waals surface area contributed by atoms with Crippen LogP contribution in [0.15, 0.2) is 23.1 Å². The molecule has 2 atom stereocenters. The Morgan fingerprint density at radius 3 is 2.50 bits per heavy atom. The molecule has 0 spiro atoms. The number of sulfonamides is 1. The van der Waals surface area contributed by atoms with Gasteiger partial charge in [0, 0.05) is 18.2 Å². The Bertz CT molecular complexity index is 641. The van der Waals surface area contributed by atoms with Crippen molar-refractivity contribution >= 4 is 27.2 Å². The van der Waals surface area contributed by atoms with Gasteiger partial charge in [-0.2, -0.15) is 4.31 Å². The van der Waals surface area contributed by atoms with E-state index in [1.807, 2.05) is 13.8 Å². The molecule has 0 aliphatic carbocycles. The highest BCUT2D eigenvalue weighted by molar-refractivity contribution is 7.89. The highest BCUT2D eigenvalue weighted by Gasteiger charge is 2.36. The average molecular weight is 312 g/mol. The summed E-state index contributed by atoms with van der Waals surface area (Å²) in [7, 11) is -3.44. The first-order valence-electron chi connectivity index (χ1n) is 6.65. The maximum absolute atomic E-state index is 12.7. The minimum Gasteiger partial charge on any atom is -0.389 e. The van der Waals surface area contributed by atoms with Crippen LogP contribution in [0.25, 0.3) is 0 Å². The molecule has 0 radical (unpaired) electrons. The van der Waals surface area contributed by atoms with Gasteiger partial charge in [-0.05, 0) is 43.9 Å². The van der Waals surface area contributed by atoms with E-state index in [1.54, 1.807) is 22.5 Å². The van der Waals surface area contributed by atoms with Crippen molar-refractivity contribution in [3.8, 4) is 0 Å². The largest absolute Gasteiger partial charge is 0.389 e. The number of hydrogen-bond donors (Lipinski definition) is 1. The molecule has 2 rings (SSSR count). The summed E-state index contributed by atoms with van der Waals surface area (Å²) in [5, 5.41) is 0. The summed E-state index contributed by atoms with van der Waals surface area (Å²) in [6.07, 6.45) is 0.906. The summed E-state index contributed by atoms with van der Waals surface area (Å²) >= 11 is 4.95. The van der Waals surface area contributed by atoms with Crippen LogP contribution in [0.4, 0.5) is 0 Å². The van der Waals surface area contributed by atoms with E-state index >= 15 is 0 Å². The van der Waals surface area contributed by atoms with Crippen LogP contribution in [0.3, 0.4) is 0 Å². The second kappa shape index (κ2) is 5.42. The Morgan fingerprint density at radius 1 is 1.40 bits per heavy atom. The summed E-state index contributed by atoms with van der Waals surface area (Å²) in [6.45, 7) is 6.44. The van der Waals surface area contributed by atoms with Gasteiger partial charge in [-0.1, -0.05) is 25.2 Å². The molecule has 4 nitrogen and oxygen atoms in total. The molecular weight excluding hydrogens is 292 g/mol. The lowest BCUT2D eigenvalue weighted by molar-refractivity contribution is 0.405. The lowest BCUT2D eigenvalue weighted by Gasteiger charge is -2.21. The Morgan fingerprint density at radius 2 is 2.05 bits per heavy atom. The number of rotatable bonds is 3. The van der Waals surface area contributed by atoms with E-state index in [0.717, 1.165) is 17.5 Å². The molecule has 1 aromatic rings. The smallest absolute Gasteiger partial charge is 0.243 e. The SMILES string of the molecule is Cc1cc(S(=O)(=O)N2CC(C)CC2C)ccc1C(N)=S. The van der Waals surface area contributed by atoms with Crippen molar-refractivity contribution in [2.24, 2.45) is 11.7 Å². The third-order valence-corrected chi connectivity index (χ3v) is 5.99. The van der Waals surface area contributed by atoms with Crippen LogP contribution in [0.2, 0.25) is 0 Å². The Kier molecular flexibility index (Phi) is 4.18. The number of thiocarbonyl (C=S) groups is 1. The minimum atomic E-state index is -3.44. The van der Waals surface area contributed by atoms with Gasteiger partial charge >= 0.3 is 0 Å². The Hall–Kier alpha value is -0.980. The van der Waals surface area contributed by atoms with Crippen molar-refractivity contribution in [1.29, 1.82) is 0 Å². The summed E-state index contributed by atoms with van der Waals surface area (Å²) in [5.41, 5.74) is 7.12. The molecule has 1 aliphatic heterocycles. The average Bonchev–Trinajstić information content (AvgIpc) is 2.68. The fraction of sp³-hybridized carbons (Fsp3) is 0.500. The molecule has 1 aromatic carbocycles. The molecular formula is C14H20N2O2S2. The fourth-order valence-electron chi connectivity index (χ4n) is 2.81. The van der Waals surface area contributed by atoms with Gasteiger partial charge in [-0.3, -0.25) is 0 Å². The first kappa shape index (κ1) is 15.4. The van der Waals surface area contributed by atoms with Crippen LogP contribution in [0, 0.1) is 12.8 Å². The van der Waals surface area contributed by atoms with Gasteiger partial charge in [0.05, 0.1) is 4.90 Å². The number of benzene rings is 1. The van der Waals surface area contributed by atoms with Crippen LogP contribution in [0.5, 0.6) is 0 Å². The van der Waals surface area contributed by atoms with Gasteiger partial charge < -0.3 is 5.73 Å². The van der Waals surface area contributed by atoms with Gasteiger partial charge in [-0.15, -0.1) is 0 Å². The first-order chi connectivity index (χ1) is 9.23. The molecule has 2 N–H and O–H groups in total. The van der Waals surface area contributed by atoms with E-state index in [9.17, 15) is 8.42 Å². The third kappa shape index (κ3) is 2.73. The van der Waals surface area contributed by atoms with Crippen LogP contribution >= 0.6 is 12.2 Å². The standard InChI is InChI=1S/C14H20N2O2S2/c1-9-6-11(3)16(8-9)20(17,18)12-4-5-13(14(15)19)10(2)7-12/h4-5,7,9,11H,6,8H2,1-3H3,(H2,15,19). The summed E-state index contributed by atoms with van der Waals surface area (Å²) < 4.78 is 27.0. The van der Waals surface area contributed by atoms with Gasteiger partial charge in [-0.25, -0.2) is 8.42 Å². The van der Waals surface area contributed by atoms with Crippen molar-refractivity contribution in [3.63, 3.8) is 0 Å². The molecule has 1 aliphatic rings. The fourth-order valence-corrected chi connectivity index (χ4v) is 4.88. The van der Waals surface area contributed by atoms with Gasteiger partial charge in [0.1, 0.15) is 4.99 Å². The monoisotopic (exact) mass is 312 g/mol. The van der Waals surface area contributed by atoms with E-state index < -0.39 is 10.0 Å². The van der Waals surface area contributed by atoms with Crippen molar-refractivity contribution < 1.29 is 8.42 Å². The maximum atomic E-state index is 12.7. The van der Waals surface area contributed by atoms with Crippen LogP contribution in [0.1, 0.15) is 31.4 Å². The molecule has 2 unspecified atom stereocenters. The zero-order valence-corrected chi connectivity index (χ0v) is 13.6. The Balaban J connectivity index is 2.40. The van der Waals surface area contributed by atoms with Gasteiger partial charge in [0.25, 0.3) is 0 Å². The summed E-state index contributed by atoms with van der Waals surface area (Å²) in [5.74, 6) is 0.400. The molecule has 6 heteroatoms. The molecule has 0 aromatic heterocycles. The molecule has 1 saturated heterocycles. The molecule has 20 heavy (non-hydrogen) atoms. The normalized spacial score (nSPS) is 23.9. The second-order valence-corrected chi connectivity index (χ2v) is 7.94. The molecule has 0 bridgehead atoms. The second-order valence-electron chi connectivity index (χ2n) is 5.61. The summed E-state index contributed by atoms with van der Waals surface area (Å²) in [4.78, 5) is 0.602. The topological polar surface area (TPSA) is 63.4 Å². The van der Waals surface area contributed by atoms with E-state index in [4.69, 9.17) is 18.0 Å². The van der Waals surface area contributed by atoms with Crippen molar-refractivity contribution in [2.75, 3.05) is 6.54 Å². The quantitative estimate of drug-likeness (QED) is 0.868. The van der Waals surface area contributed by atoms with E-state index in [-0.39, 0.29) is 11.0 Å². The van der Waals surface area contributed by atoms with Crippen molar-refractivity contribution in [2.45, 2.75) is 38.1 Å². The highest BCUT2D eigenvalue weighted by Crippen LogP contribution is 2.29. The third-order valence-electron chi connectivity index (χ3n) is 3.80. The maximum Gasteiger partial charge on any atom is 0.243 e. The van der Waals surface area contributed by atoms with Crippen LogP contribution < -0.4 is 5.73 Å². The van der Waals surface area contributed by atoms with Gasteiger partial charge in [0.15, 0.2) is 0 Å². The molecule has 1 heterocycles. The van der Waals surface area contributed by atoms with Crippen LogP contribution in [-0.4, -0.2) is 30.3 Å². The summed E-state index contributed by atoms with van der Waals surface area (Å²) in [6, 6.07) is 4.98. The van der Waals surface area contributed by atoms with Gasteiger partial charge in [0.2, 0.25) is 10.0 Å². The van der Waals surface area contributed by atoms with Crippen molar-refractivity contribution in [1.82, 2.24) is 4.31 Å². The zero-order chi connectivity index (χ0) is 15.1. The number of hydrogen-bond acceptors (Lipinski definition) is 3. The van der Waals surface area contributed by atoms with E-state index in [1.165, 1.54) is 0 Å². The lowest BCUT2D eigenvalue weighted by atomic mass is 10.1. The molecule has 0 saturated carbocycles. The Labute approximate surface area is 126 Å².